The van der Waals surface area contributed by atoms with E-state index < -0.39 is 6.09 Å². The maximum atomic E-state index is 10.5. The molecule has 1 atom stereocenters. The first-order chi connectivity index (χ1) is 7.20. The molecule has 15 heavy (non-hydrogen) atoms. The van der Waals surface area contributed by atoms with Gasteiger partial charge in [0, 0.05) is 12.3 Å². The molecule has 0 bridgehead atoms. The van der Waals surface area contributed by atoms with Gasteiger partial charge in [-0.1, -0.05) is 0 Å². The number of hydrogen-bond acceptors (Lipinski definition) is 3. The summed E-state index contributed by atoms with van der Waals surface area (Å²) in [7, 11) is 0. The lowest BCUT2D eigenvalue weighted by Crippen LogP contribution is -2.09. The Morgan fingerprint density at radius 2 is 2.53 bits per heavy atom. The van der Waals surface area contributed by atoms with Crippen molar-refractivity contribution in [3.8, 4) is 5.88 Å². The number of rotatable bonds is 3. The highest BCUT2D eigenvalue weighted by molar-refractivity contribution is 5.66. The van der Waals surface area contributed by atoms with E-state index in [1.807, 2.05) is 0 Å². The molecular formula is C10H12N2O3. The van der Waals surface area contributed by atoms with Crippen molar-refractivity contribution in [3.05, 3.63) is 12.3 Å². The number of carbonyl (C=O) groups is 1. The first-order valence-electron chi connectivity index (χ1n) is 5.11. The van der Waals surface area contributed by atoms with E-state index in [1.54, 1.807) is 6.07 Å². The summed E-state index contributed by atoms with van der Waals surface area (Å²) in [6.07, 6.45) is 4.24. The van der Waals surface area contributed by atoms with E-state index in [9.17, 15) is 4.79 Å². The topological polar surface area (TPSA) is 64.3 Å². The van der Waals surface area contributed by atoms with E-state index in [0.29, 0.717) is 23.8 Å². The van der Waals surface area contributed by atoms with Gasteiger partial charge in [0.1, 0.15) is 0 Å². The Kier molecular flexibility index (Phi) is 1.60. The van der Waals surface area contributed by atoms with Gasteiger partial charge in [-0.15, -0.1) is 5.10 Å². The van der Waals surface area contributed by atoms with Crippen LogP contribution in [0.4, 0.5) is 4.79 Å². The first kappa shape index (κ1) is 8.76. The zero-order valence-corrected chi connectivity index (χ0v) is 8.22. The van der Waals surface area contributed by atoms with Gasteiger partial charge in [0.15, 0.2) is 0 Å². The van der Waals surface area contributed by atoms with Crippen LogP contribution in [0.2, 0.25) is 0 Å². The van der Waals surface area contributed by atoms with E-state index >= 15 is 0 Å². The van der Waals surface area contributed by atoms with Gasteiger partial charge in [-0.3, -0.25) is 0 Å². The van der Waals surface area contributed by atoms with E-state index in [-0.39, 0.29) is 0 Å². The lowest BCUT2D eigenvalue weighted by Gasteiger charge is -2.00. The third-order valence-electron chi connectivity index (χ3n) is 3.44. The molecule has 1 heterocycles. The average Bonchev–Trinajstić information content (AvgIpc) is 3.07. The molecule has 0 radical (unpaired) electrons. The Morgan fingerprint density at radius 1 is 1.73 bits per heavy atom. The van der Waals surface area contributed by atoms with Crippen molar-refractivity contribution >= 4 is 6.09 Å². The quantitative estimate of drug-likeness (QED) is 0.819. The lowest BCUT2D eigenvalue weighted by atomic mass is 10.3. The summed E-state index contributed by atoms with van der Waals surface area (Å²) in [5, 5.41) is 12.4. The van der Waals surface area contributed by atoms with Crippen LogP contribution < -0.4 is 4.74 Å². The molecule has 1 aromatic heterocycles. The summed E-state index contributed by atoms with van der Waals surface area (Å²) in [6, 6.07) is 1.58. The number of nitrogens with zero attached hydrogens (tertiary/aromatic N) is 2. The number of hydrogen-bond donors (Lipinski definition) is 1. The highest BCUT2D eigenvalue weighted by Gasteiger charge is 2.62. The van der Waals surface area contributed by atoms with Crippen molar-refractivity contribution in [1.29, 1.82) is 0 Å². The van der Waals surface area contributed by atoms with Crippen LogP contribution in [0, 0.1) is 11.3 Å². The maximum absolute atomic E-state index is 10.5. The highest BCUT2D eigenvalue weighted by Crippen LogP contribution is 2.70. The molecule has 2 saturated carbocycles. The summed E-state index contributed by atoms with van der Waals surface area (Å²) in [4.78, 5) is 10.5. The fourth-order valence-electron chi connectivity index (χ4n) is 2.12. The molecule has 1 spiro atoms. The van der Waals surface area contributed by atoms with Crippen LogP contribution in [0.1, 0.15) is 19.3 Å². The zero-order valence-electron chi connectivity index (χ0n) is 8.22. The van der Waals surface area contributed by atoms with E-state index in [0.717, 1.165) is 4.68 Å². The molecule has 2 aliphatic rings. The van der Waals surface area contributed by atoms with E-state index in [4.69, 9.17) is 9.84 Å². The molecule has 5 heteroatoms. The third-order valence-corrected chi connectivity index (χ3v) is 3.44. The van der Waals surface area contributed by atoms with Gasteiger partial charge in [-0.05, 0) is 30.6 Å². The normalized spacial score (nSPS) is 25.2. The predicted octanol–water partition coefficient (Wildman–Crippen LogP) is 1.59. The zero-order chi connectivity index (χ0) is 10.5. The molecule has 2 fully saturated rings. The van der Waals surface area contributed by atoms with Gasteiger partial charge in [0.25, 0.3) is 0 Å². The minimum Gasteiger partial charge on any atom is -0.476 e. The molecule has 80 valence electrons. The number of aromatic nitrogens is 2. The molecule has 1 unspecified atom stereocenters. The van der Waals surface area contributed by atoms with Crippen molar-refractivity contribution in [2.24, 2.45) is 11.3 Å². The molecule has 0 aliphatic heterocycles. The standard InChI is InChI=1S/C10H12N2O3/c13-9(14)12-4-1-8(11-12)15-6-7-5-10(7)2-3-10/h1,4,7H,2-3,5-6H2,(H,13,14). The van der Waals surface area contributed by atoms with Crippen LogP contribution in [0.5, 0.6) is 5.88 Å². The highest BCUT2D eigenvalue weighted by atomic mass is 16.5. The molecule has 0 aromatic carbocycles. The molecule has 5 nitrogen and oxygen atoms in total. The second-order valence-corrected chi connectivity index (χ2v) is 4.46. The Morgan fingerprint density at radius 3 is 3.07 bits per heavy atom. The number of ether oxygens (including phenoxy) is 1. The largest absolute Gasteiger partial charge is 0.476 e. The van der Waals surface area contributed by atoms with Crippen molar-refractivity contribution < 1.29 is 14.6 Å². The summed E-state index contributed by atoms with van der Waals surface area (Å²) < 4.78 is 6.30. The molecule has 1 aromatic rings. The van der Waals surface area contributed by atoms with Crippen LogP contribution in [0.25, 0.3) is 0 Å². The summed E-state index contributed by atoms with van der Waals surface area (Å²) >= 11 is 0. The van der Waals surface area contributed by atoms with Crippen LogP contribution in [-0.2, 0) is 0 Å². The molecular weight excluding hydrogens is 196 g/mol. The van der Waals surface area contributed by atoms with Gasteiger partial charge < -0.3 is 9.84 Å². The Hall–Kier alpha value is -1.52. The average molecular weight is 208 g/mol. The Bertz CT molecular complexity index is 409. The fraction of sp³-hybridized carbons (Fsp3) is 0.600. The smallest absolute Gasteiger partial charge is 0.432 e. The second kappa shape index (κ2) is 2.74. The van der Waals surface area contributed by atoms with Crippen molar-refractivity contribution in [1.82, 2.24) is 9.78 Å². The third kappa shape index (κ3) is 1.48. The maximum Gasteiger partial charge on any atom is 0.432 e. The second-order valence-electron chi connectivity index (χ2n) is 4.46. The summed E-state index contributed by atoms with van der Waals surface area (Å²) in [5.74, 6) is 1.08. The molecule has 2 aliphatic carbocycles. The first-order valence-corrected chi connectivity index (χ1v) is 5.11. The van der Waals surface area contributed by atoms with Crippen LogP contribution in [-0.4, -0.2) is 27.6 Å². The van der Waals surface area contributed by atoms with Crippen LogP contribution in [0.15, 0.2) is 12.3 Å². The van der Waals surface area contributed by atoms with Crippen molar-refractivity contribution in [2.45, 2.75) is 19.3 Å². The minimum absolute atomic E-state index is 0.403. The Balaban J connectivity index is 1.55. The fourth-order valence-corrected chi connectivity index (χ4v) is 2.12. The molecule has 1 N–H and O–H groups in total. The van der Waals surface area contributed by atoms with Crippen LogP contribution in [0.3, 0.4) is 0 Å². The van der Waals surface area contributed by atoms with Gasteiger partial charge in [0.2, 0.25) is 5.88 Å². The molecule has 0 amide bonds. The summed E-state index contributed by atoms with van der Waals surface area (Å²) in [5.41, 5.74) is 0.620. The van der Waals surface area contributed by atoms with E-state index in [2.05, 4.69) is 5.10 Å². The Labute approximate surface area is 86.7 Å². The van der Waals surface area contributed by atoms with Gasteiger partial charge in [0.05, 0.1) is 6.61 Å². The monoisotopic (exact) mass is 208 g/mol. The molecule has 0 saturated heterocycles. The van der Waals surface area contributed by atoms with Gasteiger partial charge in [-0.25, -0.2) is 4.79 Å². The van der Waals surface area contributed by atoms with Gasteiger partial charge >= 0.3 is 6.09 Å². The number of carboxylic acid groups (broad SMARTS) is 1. The minimum atomic E-state index is -1.09. The summed E-state index contributed by atoms with van der Waals surface area (Å²) in [6.45, 7) is 0.677. The molecule has 3 rings (SSSR count). The predicted molar refractivity (Wildman–Crippen MR) is 50.9 cm³/mol. The lowest BCUT2D eigenvalue weighted by molar-refractivity contribution is 0.191. The van der Waals surface area contributed by atoms with Gasteiger partial charge in [-0.2, -0.15) is 4.68 Å². The van der Waals surface area contributed by atoms with Crippen molar-refractivity contribution in [3.63, 3.8) is 0 Å². The van der Waals surface area contributed by atoms with E-state index in [1.165, 1.54) is 25.5 Å². The van der Waals surface area contributed by atoms with Crippen LogP contribution >= 0.6 is 0 Å². The SMILES string of the molecule is O=C(O)n1ccc(OCC2CC23CC3)n1. The van der Waals surface area contributed by atoms with Crippen molar-refractivity contribution in [2.75, 3.05) is 6.61 Å².